The van der Waals surface area contributed by atoms with E-state index in [9.17, 15) is 10.1 Å². The number of nitrogens with two attached hydrogens (primary N) is 1. The summed E-state index contributed by atoms with van der Waals surface area (Å²) in [6, 6.07) is 4.62. The number of nitrogens with zero attached hydrogens (tertiary/aromatic N) is 3. The van der Waals surface area contributed by atoms with Crippen molar-refractivity contribution in [1.82, 2.24) is 10.2 Å². The van der Waals surface area contributed by atoms with Crippen LogP contribution in [0.4, 0.5) is 10.8 Å². The standard InChI is InChI=1S/C8H5ClN4O2S/c9-5-3-1-2-4(6(5)13(14)15)7-11-12-8(10)16-7/h1-3H,(H2,10,12). The molecule has 0 unspecified atom stereocenters. The minimum Gasteiger partial charge on any atom is -0.374 e. The van der Waals surface area contributed by atoms with Crippen LogP contribution in [0, 0.1) is 10.1 Å². The molecule has 0 atom stereocenters. The van der Waals surface area contributed by atoms with Crippen LogP contribution in [0.2, 0.25) is 5.02 Å². The lowest BCUT2D eigenvalue weighted by molar-refractivity contribution is -0.384. The smallest absolute Gasteiger partial charge is 0.298 e. The third kappa shape index (κ3) is 1.82. The Morgan fingerprint density at radius 1 is 1.44 bits per heavy atom. The number of hydrogen-bond donors (Lipinski definition) is 1. The van der Waals surface area contributed by atoms with Gasteiger partial charge in [0.15, 0.2) is 5.01 Å². The monoisotopic (exact) mass is 256 g/mol. The van der Waals surface area contributed by atoms with Gasteiger partial charge in [-0.1, -0.05) is 29.0 Å². The maximum absolute atomic E-state index is 10.9. The zero-order valence-corrected chi connectivity index (χ0v) is 9.33. The molecule has 0 radical (unpaired) electrons. The first-order chi connectivity index (χ1) is 7.59. The molecule has 2 N–H and O–H groups in total. The molecule has 2 aromatic rings. The number of hydrogen-bond acceptors (Lipinski definition) is 6. The number of benzene rings is 1. The van der Waals surface area contributed by atoms with Crippen molar-refractivity contribution in [3.63, 3.8) is 0 Å². The van der Waals surface area contributed by atoms with Crippen LogP contribution in [0.25, 0.3) is 10.6 Å². The predicted molar refractivity (Wildman–Crippen MR) is 61.4 cm³/mol. The van der Waals surface area contributed by atoms with E-state index in [2.05, 4.69) is 10.2 Å². The molecule has 8 heteroatoms. The van der Waals surface area contributed by atoms with Crippen LogP contribution >= 0.6 is 22.9 Å². The highest BCUT2D eigenvalue weighted by atomic mass is 35.5. The molecule has 0 bridgehead atoms. The topological polar surface area (TPSA) is 94.9 Å². The molecule has 2 rings (SSSR count). The van der Waals surface area contributed by atoms with Crippen molar-refractivity contribution >= 4 is 33.8 Å². The average molecular weight is 257 g/mol. The molecule has 0 amide bonds. The molecule has 0 spiro atoms. The Balaban J connectivity index is 2.65. The number of rotatable bonds is 2. The largest absolute Gasteiger partial charge is 0.374 e. The molecular weight excluding hydrogens is 252 g/mol. The number of nitro benzene ring substituents is 1. The molecule has 0 aliphatic carbocycles. The number of nitrogen functional groups attached to an aromatic ring is 1. The van der Waals surface area contributed by atoms with Crippen LogP contribution in [-0.4, -0.2) is 15.1 Å². The van der Waals surface area contributed by atoms with Crippen molar-refractivity contribution in [2.75, 3.05) is 5.73 Å². The highest BCUT2D eigenvalue weighted by Gasteiger charge is 2.21. The van der Waals surface area contributed by atoms with Crippen LogP contribution in [0.3, 0.4) is 0 Å². The molecule has 1 aromatic carbocycles. The van der Waals surface area contributed by atoms with Gasteiger partial charge in [0.2, 0.25) is 5.13 Å². The molecule has 6 nitrogen and oxygen atoms in total. The van der Waals surface area contributed by atoms with Gasteiger partial charge >= 0.3 is 0 Å². The lowest BCUT2D eigenvalue weighted by Crippen LogP contribution is -1.92. The highest BCUT2D eigenvalue weighted by molar-refractivity contribution is 7.18. The van der Waals surface area contributed by atoms with Gasteiger partial charge in [-0.3, -0.25) is 10.1 Å². The molecule has 0 fully saturated rings. The van der Waals surface area contributed by atoms with Crippen LogP contribution < -0.4 is 5.73 Å². The predicted octanol–water partition coefficient (Wildman–Crippen LogP) is 2.35. The zero-order chi connectivity index (χ0) is 11.7. The van der Waals surface area contributed by atoms with E-state index in [0.29, 0.717) is 10.6 Å². The number of anilines is 1. The average Bonchev–Trinajstić information content (AvgIpc) is 2.63. The van der Waals surface area contributed by atoms with Gasteiger partial charge in [-0.2, -0.15) is 0 Å². The molecule has 16 heavy (non-hydrogen) atoms. The molecule has 0 saturated carbocycles. The van der Waals surface area contributed by atoms with Crippen molar-refractivity contribution in [2.24, 2.45) is 0 Å². The van der Waals surface area contributed by atoms with E-state index < -0.39 is 4.92 Å². The molecule has 0 saturated heterocycles. The van der Waals surface area contributed by atoms with Gasteiger partial charge in [-0.25, -0.2) is 0 Å². The Kier molecular flexibility index (Phi) is 2.71. The molecule has 0 aliphatic heterocycles. The van der Waals surface area contributed by atoms with Gasteiger partial charge in [-0.05, 0) is 12.1 Å². The summed E-state index contributed by atoms with van der Waals surface area (Å²) in [4.78, 5) is 10.3. The van der Waals surface area contributed by atoms with E-state index in [1.54, 1.807) is 12.1 Å². The lowest BCUT2D eigenvalue weighted by Gasteiger charge is -1.99. The first kappa shape index (κ1) is 10.8. The van der Waals surface area contributed by atoms with Gasteiger partial charge in [0, 0.05) is 0 Å². The minimum absolute atomic E-state index is 0.0660. The van der Waals surface area contributed by atoms with Crippen LogP contribution in [0.1, 0.15) is 0 Å². The van der Waals surface area contributed by atoms with Crippen molar-refractivity contribution in [1.29, 1.82) is 0 Å². The fourth-order valence-corrected chi connectivity index (χ4v) is 2.10. The van der Waals surface area contributed by atoms with E-state index in [1.807, 2.05) is 0 Å². The van der Waals surface area contributed by atoms with Crippen molar-refractivity contribution in [2.45, 2.75) is 0 Å². The molecule has 0 aliphatic rings. The first-order valence-corrected chi connectivity index (χ1v) is 5.31. The Morgan fingerprint density at radius 2 is 2.19 bits per heavy atom. The van der Waals surface area contributed by atoms with Crippen LogP contribution in [0.15, 0.2) is 18.2 Å². The maximum atomic E-state index is 10.9. The van der Waals surface area contributed by atoms with Gasteiger partial charge in [-0.15, -0.1) is 10.2 Å². The molecule has 1 aromatic heterocycles. The number of halogens is 1. The van der Waals surface area contributed by atoms with Gasteiger partial charge in [0.1, 0.15) is 5.02 Å². The van der Waals surface area contributed by atoms with Crippen molar-refractivity contribution < 1.29 is 4.92 Å². The third-order valence-corrected chi connectivity index (χ3v) is 2.93. The van der Waals surface area contributed by atoms with E-state index in [4.69, 9.17) is 17.3 Å². The van der Waals surface area contributed by atoms with E-state index in [-0.39, 0.29) is 15.8 Å². The quantitative estimate of drug-likeness (QED) is 0.657. The third-order valence-electron chi connectivity index (χ3n) is 1.84. The molecular formula is C8H5ClN4O2S. The summed E-state index contributed by atoms with van der Waals surface area (Å²) in [6.07, 6.45) is 0. The summed E-state index contributed by atoms with van der Waals surface area (Å²) >= 11 is 6.84. The van der Waals surface area contributed by atoms with E-state index in [0.717, 1.165) is 11.3 Å². The Hall–Kier alpha value is -1.73. The second-order valence-corrected chi connectivity index (χ2v) is 4.25. The second-order valence-electron chi connectivity index (χ2n) is 2.84. The fraction of sp³-hybridized carbons (Fsp3) is 0. The van der Waals surface area contributed by atoms with Gasteiger partial charge in [0.25, 0.3) is 5.69 Å². The number of nitro groups is 1. The Bertz CT molecular complexity index is 557. The SMILES string of the molecule is Nc1nnc(-c2cccc(Cl)c2[N+](=O)[O-])s1. The van der Waals surface area contributed by atoms with E-state index >= 15 is 0 Å². The molecule has 82 valence electrons. The summed E-state index contributed by atoms with van der Waals surface area (Å²) in [5.74, 6) is 0. The second kappa shape index (κ2) is 4.03. The number of para-hydroxylation sites is 1. The minimum atomic E-state index is -0.546. The maximum Gasteiger partial charge on any atom is 0.298 e. The summed E-state index contributed by atoms with van der Waals surface area (Å²) in [6.45, 7) is 0. The summed E-state index contributed by atoms with van der Waals surface area (Å²) in [5.41, 5.74) is 5.57. The zero-order valence-electron chi connectivity index (χ0n) is 7.75. The van der Waals surface area contributed by atoms with Crippen molar-refractivity contribution in [3.05, 3.63) is 33.3 Å². The molecule has 1 heterocycles. The fourth-order valence-electron chi connectivity index (χ4n) is 1.22. The Labute approximate surface area is 98.8 Å². The van der Waals surface area contributed by atoms with Gasteiger partial charge < -0.3 is 5.73 Å². The van der Waals surface area contributed by atoms with Crippen LogP contribution in [-0.2, 0) is 0 Å². The Morgan fingerprint density at radius 3 is 2.75 bits per heavy atom. The summed E-state index contributed by atoms with van der Waals surface area (Å²) in [7, 11) is 0. The van der Waals surface area contributed by atoms with E-state index in [1.165, 1.54) is 6.07 Å². The van der Waals surface area contributed by atoms with Crippen molar-refractivity contribution in [3.8, 4) is 10.6 Å². The lowest BCUT2D eigenvalue weighted by atomic mass is 10.2. The summed E-state index contributed by atoms with van der Waals surface area (Å²) in [5, 5.41) is 18.9. The number of aromatic nitrogens is 2. The first-order valence-electron chi connectivity index (χ1n) is 4.12. The van der Waals surface area contributed by atoms with Crippen LogP contribution in [0.5, 0.6) is 0 Å². The van der Waals surface area contributed by atoms with Gasteiger partial charge in [0.05, 0.1) is 10.5 Å². The summed E-state index contributed by atoms with van der Waals surface area (Å²) < 4.78 is 0. The highest BCUT2D eigenvalue weighted by Crippen LogP contribution is 2.37. The normalized spacial score (nSPS) is 10.3.